The van der Waals surface area contributed by atoms with Gasteiger partial charge in [0.05, 0.1) is 19.3 Å². The van der Waals surface area contributed by atoms with Crippen molar-refractivity contribution < 1.29 is 4.74 Å². The molecular weight excluding hydrogens is 288 g/mol. The second-order valence-electron chi connectivity index (χ2n) is 6.12. The van der Waals surface area contributed by atoms with Gasteiger partial charge < -0.3 is 15.0 Å². The van der Waals surface area contributed by atoms with Crippen LogP contribution in [-0.4, -0.2) is 42.1 Å². The molecule has 1 aliphatic rings. The quantitative estimate of drug-likeness (QED) is 0.889. The molecular formula is C18H26N4O. The van der Waals surface area contributed by atoms with E-state index in [2.05, 4.69) is 53.4 Å². The van der Waals surface area contributed by atoms with Crippen molar-refractivity contribution in [2.24, 2.45) is 0 Å². The molecule has 1 fully saturated rings. The molecule has 2 atom stereocenters. The third-order valence-corrected chi connectivity index (χ3v) is 4.62. The molecule has 5 heteroatoms. The molecule has 1 N–H and O–H groups in total. The van der Waals surface area contributed by atoms with Crippen molar-refractivity contribution >= 4 is 5.69 Å². The number of nitrogens with one attached hydrogen (secondary N) is 1. The summed E-state index contributed by atoms with van der Waals surface area (Å²) in [5.41, 5.74) is 2.66. The van der Waals surface area contributed by atoms with Crippen molar-refractivity contribution in [3.63, 3.8) is 0 Å². The van der Waals surface area contributed by atoms with Crippen LogP contribution in [0, 0.1) is 0 Å². The smallest absolute Gasteiger partial charge is 0.0642 e. The zero-order valence-corrected chi connectivity index (χ0v) is 14.0. The van der Waals surface area contributed by atoms with Crippen molar-refractivity contribution in [3.05, 3.63) is 48.3 Å². The Morgan fingerprint density at radius 2 is 1.96 bits per heavy atom. The normalized spacial score (nSPS) is 17.9. The third-order valence-electron chi connectivity index (χ3n) is 4.62. The summed E-state index contributed by atoms with van der Waals surface area (Å²) < 4.78 is 7.47. The Balaban J connectivity index is 1.63. The molecule has 1 saturated heterocycles. The van der Waals surface area contributed by atoms with Crippen LogP contribution >= 0.6 is 0 Å². The van der Waals surface area contributed by atoms with Crippen molar-refractivity contribution in [2.45, 2.75) is 32.5 Å². The van der Waals surface area contributed by atoms with E-state index in [1.165, 1.54) is 11.3 Å². The van der Waals surface area contributed by atoms with Gasteiger partial charge in [0.1, 0.15) is 0 Å². The molecule has 124 valence electrons. The predicted octanol–water partition coefficient (Wildman–Crippen LogP) is 2.46. The Morgan fingerprint density at radius 1 is 1.17 bits per heavy atom. The lowest BCUT2D eigenvalue weighted by molar-refractivity contribution is 0.122. The Hall–Kier alpha value is -1.85. The number of ether oxygens (including phenoxy) is 1. The lowest BCUT2D eigenvalue weighted by atomic mass is 10.1. The first-order valence-electron chi connectivity index (χ1n) is 8.39. The van der Waals surface area contributed by atoms with E-state index >= 15 is 0 Å². The Morgan fingerprint density at radius 3 is 2.70 bits per heavy atom. The van der Waals surface area contributed by atoms with Gasteiger partial charge in [0, 0.05) is 43.8 Å². The van der Waals surface area contributed by atoms with Crippen LogP contribution in [0.3, 0.4) is 0 Å². The molecule has 1 aromatic heterocycles. The molecule has 0 unspecified atom stereocenters. The summed E-state index contributed by atoms with van der Waals surface area (Å²) in [6.07, 6.45) is 3.85. The van der Waals surface area contributed by atoms with Gasteiger partial charge in [-0.1, -0.05) is 18.2 Å². The van der Waals surface area contributed by atoms with Gasteiger partial charge in [0.15, 0.2) is 0 Å². The Kier molecular flexibility index (Phi) is 5.31. The highest BCUT2D eigenvalue weighted by Crippen LogP contribution is 2.22. The summed E-state index contributed by atoms with van der Waals surface area (Å²) in [7, 11) is 0. The maximum Gasteiger partial charge on any atom is 0.0642 e. The van der Waals surface area contributed by atoms with E-state index in [9.17, 15) is 0 Å². The fraction of sp³-hybridized carbons (Fsp3) is 0.500. The zero-order valence-electron chi connectivity index (χ0n) is 14.0. The second-order valence-corrected chi connectivity index (χ2v) is 6.12. The first-order valence-corrected chi connectivity index (χ1v) is 8.39. The number of anilines is 1. The van der Waals surface area contributed by atoms with Gasteiger partial charge in [-0.2, -0.15) is 5.10 Å². The molecule has 0 aliphatic carbocycles. The molecule has 0 amide bonds. The van der Waals surface area contributed by atoms with Crippen LogP contribution in [0.1, 0.15) is 25.5 Å². The number of rotatable bonds is 6. The molecule has 1 aromatic carbocycles. The first-order chi connectivity index (χ1) is 11.3. The molecule has 23 heavy (non-hydrogen) atoms. The van der Waals surface area contributed by atoms with Gasteiger partial charge in [-0.25, -0.2) is 0 Å². The fourth-order valence-corrected chi connectivity index (χ4v) is 2.97. The van der Waals surface area contributed by atoms with Gasteiger partial charge in [-0.05, 0) is 31.5 Å². The van der Waals surface area contributed by atoms with Crippen LogP contribution in [0.25, 0.3) is 0 Å². The summed E-state index contributed by atoms with van der Waals surface area (Å²) in [6.45, 7) is 8.83. The minimum atomic E-state index is 0.320. The topological polar surface area (TPSA) is 42.3 Å². The number of hydrogen-bond acceptors (Lipinski definition) is 4. The van der Waals surface area contributed by atoms with Gasteiger partial charge in [-0.15, -0.1) is 0 Å². The summed E-state index contributed by atoms with van der Waals surface area (Å²) in [4.78, 5) is 2.42. The summed E-state index contributed by atoms with van der Waals surface area (Å²) >= 11 is 0. The molecule has 2 heterocycles. The summed E-state index contributed by atoms with van der Waals surface area (Å²) in [5.74, 6) is 0. The zero-order chi connectivity index (χ0) is 16.1. The van der Waals surface area contributed by atoms with Crippen molar-refractivity contribution in [1.29, 1.82) is 0 Å². The Labute approximate surface area is 138 Å². The third kappa shape index (κ3) is 3.92. The number of nitrogens with zero attached hydrogens (tertiary/aromatic N) is 3. The Bertz CT molecular complexity index is 593. The minimum absolute atomic E-state index is 0.320. The highest BCUT2D eigenvalue weighted by Gasteiger charge is 2.17. The predicted molar refractivity (Wildman–Crippen MR) is 92.7 cm³/mol. The largest absolute Gasteiger partial charge is 0.378 e. The molecule has 1 aliphatic heterocycles. The van der Waals surface area contributed by atoms with Crippen LogP contribution in [0.15, 0.2) is 42.7 Å². The molecule has 3 rings (SSSR count). The molecule has 0 spiro atoms. The first kappa shape index (κ1) is 16.0. The van der Waals surface area contributed by atoms with Gasteiger partial charge >= 0.3 is 0 Å². The number of hydrogen-bond donors (Lipinski definition) is 1. The highest BCUT2D eigenvalue weighted by atomic mass is 16.5. The van der Waals surface area contributed by atoms with E-state index < -0.39 is 0 Å². The average molecular weight is 314 g/mol. The highest BCUT2D eigenvalue weighted by molar-refractivity contribution is 5.53. The van der Waals surface area contributed by atoms with E-state index in [4.69, 9.17) is 4.74 Å². The molecule has 0 bridgehead atoms. The lowest BCUT2D eigenvalue weighted by Crippen LogP contribution is -2.38. The number of aromatic nitrogens is 2. The van der Waals surface area contributed by atoms with Gasteiger partial charge in [-0.3, -0.25) is 4.68 Å². The van der Waals surface area contributed by atoms with Gasteiger partial charge in [0.25, 0.3) is 0 Å². The second kappa shape index (κ2) is 7.62. The van der Waals surface area contributed by atoms with Crippen LogP contribution in [0.2, 0.25) is 0 Å². The number of morpholine rings is 1. The number of para-hydroxylation sites is 1. The van der Waals surface area contributed by atoms with E-state index in [1.807, 2.05) is 23.1 Å². The maximum atomic E-state index is 5.47. The number of benzene rings is 1. The molecule has 5 nitrogen and oxygen atoms in total. The van der Waals surface area contributed by atoms with E-state index in [0.29, 0.717) is 12.1 Å². The standard InChI is InChI=1S/C18H26N4O/c1-15(16(2)22-9-5-8-20-22)19-14-17-6-3-4-7-18(17)21-10-12-23-13-11-21/h3-9,15-16,19H,10-14H2,1-2H3/t15-,16+/m1/s1. The van der Waals surface area contributed by atoms with E-state index in [1.54, 1.807) is 0 Å². The van der Waals surface area contributed by atoms with Crippen molar-refractivity contribution in [1.82, 2.24) is 15.1 Å². The van der Waals surface area contributed by atoms with Crippen LogP contribution < -0.4 is 10.2 Å². The fourth-order valence-electron chi connectivity index (χ4n) is 2.97. The monoisotopic (exact) mass is 314 g/mol. The minimum Gasteiger partial charge on any atom is -0.378 e. The molecule has 0 radical (unpaired) electrons. The van der Waals surface area contributed by atoms with Crippen molar-refractivity contribution in [3.8, 4) is 0 Å². The average Bonchev–Trinajstić information content (AvgIpc) is 3.14. The summed E-state index contributed by atoms with van der Waals surface area (Å²) in [5, 5.41) is 7.99. The van der Waals surface area contributed by atoms with Crippen LogP contribution in [0.5, 0.6) is 0 Å². The van der Waals surface area contributed by atoms with E-state index in [-0.39, 0.29) is 0 Å². The van der Waals surface area contributed by atoms with Crippen LogP contribution in [-0.2, 0) is 11.3 Å². The maximum absolute atomic E-state index is 5.47. The van der Waals surface area contributed by atoms with Crippen LogP contribution in [0.4, 0.5) is 5.69 Å². The van der Waals surface area contributed by atoms with Gasteiger partial charge in [0.2, 0.25) is 0 Å². The SMILES string of the molecule is C[C@@H](NCc1ccccc1N1CCOCC1)[C@H](C)n1cccn1. The molecule has 0 saturated carbocycles. The van der Waals surface area contributed by atoms with E-state index in [0.717, 1.165) is 32.8 Å². The summed E-state index contributed by atoms with van der Waals surface area (Å²) in [6, 6.07) is 11.3. The lowest BCUT2D eigenvalue weighted by Gasteiger charge is -2.31. The molecule has 2 aromatic rings. The van der Waals surface area contributed by atoms with Crippen molar-refractivity contribution in [2.75, 3.05) is 31.2 Å².